The number of aliphatic hydroxyl groups excluding tert-OH is 1. The average Bonchev–Trinajstić information content (AvgIpc) is 3.09. The molecule has 0 amide bonds. The van der Waals surface area contributed by atoms with Gasteiger partial charge < -0.3 is 19.1 Å². The van der Waals surface area contributed by atoms with Gasteiger partial charge in [0.2, 0.25) is 0 Å². The summed E-state index contributed by atoms with van der Waals surface area (Å²) < 4.78 is 23.3. The SMILES string of the molecule is CO.COc1ccc2[nH]c([S+]([O-])Cc3ncc(C)c(OC)c3C)nc2c1.[NaH]. The fourth-order valence-corrected chi connectivity index (χ4v) is 3.71. The number of nitrogens with zero attached hydrogens (tertiary/aromatic N) is 2. The maximum atomic E-state index is 12.7. The van der Waals surface area contributed by atoms with Gasteiger partial charge >= 0.3 is 34.7 Å². The average molecular weight is 401 g/mol. The monoisotopic (exact) mass is 401 g/mol. The molecule has 27 heavy (non-hydrogen) atoms. The molecular weight excluding hydrogens is 377 g/mol. The molecular formula is C18H24N3NaO4S. The molecule has 0 bridgehead atoms. The van der Waals surface area contributed by atoms with E-state index in [0.29, 0.717) is 10.9 Å². The summed E-state index contributed by atoms with van der Waals surface area (Å²) in [7, 11) is 4.23. The fourth-order valence-electron chi connectivity index (χ4n) is 2.61. The van der Waals surface area contributed by atoms with Crippen LogP contribution in [0.3, 0.4) is 0 Å². The Bertz CT molecular complexity index is 888. The normalized spacial score (nSPS) is 11.2. The van der Waals surface area contributed by atoms with Crippen LogP contribution < -0.4 is 9.47 Å². The first-order valence-electron chi connectivity index (χ1n) is 7.89. The fraction of sp³-hybridized carbons (Fsp3) is 0.333. The van der Waals surface area contributed by atoms with E-state index in [1.54, 1.807) is 20.4 Å². The van der Waals surface area contributed by atoms with Crippen LogP contribution in [-0.2, 0) is 16.9 Å². The summed E-state index contributed by atoms with van der Waals surface area (Å²) in [4.78, 5) is 11.9. The Balaban J connectivity index is 0.00000118. The molecule has 0 fully saturated rings. The standard InChI is InChI=1S/C17H19N3O3S.CH4O.Na.H/c1-10-8-18-15(11(2)16(10)23-4)9-24(21)17-19-13-6-5-12(22-3)7-14(13)20-17;1-2;;/h5-8H,9H2,1-4H3,(H,19,20);2H,1H3;;. The van der Waals surface area contributed by atoms with Gasteiger partial charge in [-0.05, 0) is 26.0 Å². The van der Waals surface area contributed by atoms with Crippen LogP contribution in [0.5, 0.6) is 11.5 Å². The predicted octanol–water partition coefficient (Wildman–Crippen LogP) is 1.86. The number of aromatic amines is 1. The van der Waals surface area contributed by atoms with E-state index in [4.69, 9.17) is 14.6 Å². The number of nitrogens with one attached hydrogen (secondary N) is 1. The van der Waals surface area contributed by atoms with Crippen molar-refractivity contribution in [3.05, 3.63) is 41.2 Å². The number of ether oxygens (including phenoxy) is 2. The van der Waals surface area contributed by atoms with Crippen molar-refractivity contribution < 1.29 is 19.1 Å². The number of rotatable bonds is 5. The molecule has 2 heterocycles. The summed E-state index contributed by atoms with van der Waals surface area (Å²) in [6, 6.07) is 5.51. The molecule has 9 heteroatoms. The molecule has 7 nitrogen and oxygen atoms in total. The molecule has 2 aromatic heterocycles. The van der Waals surface area contributed by atoms with Crippen LogP contribution >= 0.6 is 0 Å². The zero-order valence-corrected chi connectivity index (χ0v) is 16.3. The molecule has 1 atom stereocenters. The number of imidazole rings is 1. The Morgan fingerprint density at radius 3 is 2.52 bits per heavy atom. The van der Waals surface area contributed by atoms with E-state index < -0.39 is 11.2 Å². The molecule has 0 saturated carbocycles. The first kappa shape index (κ1) is 23.7. The number of fused-ring (bicyclic) bond motifs is 1. The quantitative estimate of drug-likeness (QED) is 0.500. The Labute approximate surface area is 184 Å². The molecule has 0 aliphatic rings. The molecule has 2 N–H and O–H groups in total. The predicted molar refractivity (Wildman–Crippen MR) is 108 cm³/mol. The molecule has 3 aromatic rings. The number of aryl methyl sites for hydroxylation is 1. The second-order valence-electron chi connectivity index (χ2n) is 5.46. The van der Waals surface area contributed by atoms with Crippen LogP contribution in [0, 0.1) is 13.8 Å². The zero-order chi connectivity index (χ0) is 19.3. The van der Waals surface area contributed by atoms with E-state index >= 15 is 0 Å². The first-order chi connectivity index (χ1) is 12.5. The number of aliphatic hydroxyl groups is 1. The van der Waals surface area contributed by atoms with Crippen LogP contribution in [0.1, 0.15) is 16.8 Å². The van der Waals surface area contributed by atoms with Gasteiger partial charge in [-0.15, -0.1) is 0 Å². The molecule has 1 unspecified atom stereocenters. The van der Waals surface area contributed by atoms with E-state index in [1.807, 2.05) is 32.0 Å². The van der Waals surface area contributed by atoms with Gasteiger partial charge in [0.05, 0.1) is 30.9 Å². The topological polar surface area (TPSA) is 103 Å². The number of pyridine rings is 1. The summed E-state index contributed by atoms with van der Waals surface area (Å²) in [5.74, 6) is 1.78. The zero-order valence-electron chi connectivity index (χ0n) is 15.5. The number of hydrogen-bond donors (Lipinski definition) is 2. The third-order valence-corrected chi connectivity index (χ3v) is 5.06. The summed E-state index contributed by atoms with van der Waals surface area (Å²) in [6.45, 7) is 3.86. The van der Waals surface area contributed by atoms with Gasteiger partial charge in [-0.25, -0.2) is 0 Å². The van der Waals surface area contributed by atoms with Crippen LogP contribution in [0.2, 0.25) is 0 Å². The Morgan fingerprint density at radius 1 is 1.19 bits per heavy atom. The molecule has 0 spiro atoms. The van der Waals surface area contributed by atoms with Crippen molar-refractivity contribution in [3.8, 4) is 11.5 Å². The molecule has 1 aromatic carbocycles. The van der Waals surface area contributed by atoms with Gasteiger partial charge in [0.15, 0.2) is 5.75 Å². The molecule has 3 rings (SSSR count). The van der Waals surface area contributed by atoms with Crippen molar-refractivity contribution in [3.63, 3.8) is 0 Å². The van der Waals surface area contributed by atoms with E-state index in [2.05, 4.69) is 15.0 Å². The summed E-state index contributed by atoms with van der Waals surface area (Å²) in [5.41, 5.74) is 4.16. The molecule has 0 radical (unpaired) electrons. The van der Waals surface area contributed by atoms with E-state index in [9.17, 15) is 4.55 Å². The molecule has 0 aliphatic carbocycles. The number of benzene rings is 1. The second-order valence-corrected chi connectivity index (χ2v) is 6.83. The van der Waals surface area contributed by atoms with Gasteiger partial charge in [0.25, 0.3) is 0 Å². The van der Waals surface area contributed by atoms with Crippen LogP contribution in [0.15, 0.2) is 29.6 Å². The molecule has 0 aliphatic heterocycles. The summed E-state index contributed by atoms with van der Waals surface area (Å²) in [5, 5.41) is 7.43. The summed E-state index contributed by atoms with van der Waals surface area (Å²) in [6.07, 6.45) is 1.74. The minimum absolute atomic E-state index is 0. The van der Waals surface area contributed by atoms with Gasteiger partial charge in [0, 0.05) is 41.7 Å². The van der Waals surface area contributed by atoms with Gasteiger partial charge in [-0.3, -0.25) is 9.97 Å². The van der Waals surface area contributed by atoms with E-state index in [0.717, 1.165) is 40.7 Å². The van der Waals surface area contributed by atoms with Crippen molar-refractivity contribution in [1.82, 2.24) is 15.0 Å². The molecule has 0 saturated heterocycles. The van der Waals surface area contributed by atoms with E-state index in [-0.39, 0.29) is 35.3 Å². The third-order valence-electron chi connectivity index (χ3n) is 3.90. The van der Waals surface area contributed by atoms with Crippen LogP contribution in [0.4, 0.5) is 0 Å². The number of hydrogen-bond acceptors (Lipinski definition) is 6. The Hall–Kier alpha value is -1.29. The first-order valence-corrected chi connectivity index (χ1v) is 9.21. The Morgan fingerprint density at radius 2 is 1.89 bits per heavy atom. The van der Waals surface area contributed by atoms with Gasteiger partial charge in [0.1, 0.15) is 11.5 Å². The van der Waals surface area contributed by atoms with Crippen molar-refractivity contribution in [2.45, 2.75) is 24.8 Å². The van der Waals surface area contributed by atoms with Crippen molar-refractivity contribution in [1.29, 1.82) is 0 Å². The van der Waals surface area contributed by atoms with Gasteiger partial charge in [-0.2, -0.15) is 4.98 Å². The van der Waals surface area contributed by atoms with E-state index in [1.165, 1.54) is 0 Å². The van der Waals surface area contributed by atoms with Crippen molar-refractivity contribution in [2.24, 2.45) is 0 Å². The number of aromatic nitrogens is 3. The van der Waals surface area contributed by atoms with Crippen LogP contribution in [-0.4, -0.2) is 75.5 Å². The number of H-pyrrole nitrogens is 1. The number of methoxy groups -OCH3 is 2. The Kier molecular flexibility index (Phi) is 9.58. The second kappa shape index (κ2) is 10.9. The maximum absolute atomic E-state index is 12.7. The summed E-state index contributed by atoms with van der Waals surface area (Å²) >= 11 is -1.33. The van der Waals surface area contributed by atoms with Gasteiger partial charge in [-0.1, -0.05) is 0 Å². The van der Waals surface area contributed by atoms with Crippen molar-refractivity contribution in [2.75, 3.05) is 21.3 Å². The molecule has 142 valence electrons. The third kappa shape index (κ3) is 5.37. The minimum atomic E-state index is -1.33. The van der Waals surface area contributed by atoms with Crippen LogP contribution in [0.25, 0.3) is 11.0 Å². The van der Waals surface area contributed by atoms with Crippen molar-refractivity contribution >= 4 is 51.8 Å².